The minimum absolute atomic E-state index is 0.150. The number of ether oxygens (including phenoxy) is 2. The molecule has 0 saturated carbocycles. The zero-order valence-corrected chi connectivity index (χ0v) is 13.8. The standard InChI is InChI=1S/C16H25NO5/c1-5-21-14(19)10-6-11-8-13(18)9-12(7-10)17(11)15(20)22-16(2,3)4/h10-12H,5-9H2,1-4H3. The molecule has 2 bridgehead atoms. The molecule has 2 unspecified atom stereocenters. The van der Waals surface area contributed by atoms with Gasteiger partial charge in [0, 0.05) is 24.9 Å². The van der Waals surface area contributed by atoms with Crippen LogP contribution in [-0.4, -0.2) is 47.0 Å². The molecule has 1 amide bonds. The molecule has 0 aromatic rings. The maximum Gasteiger partial charge on any atom is 0.410 e. The zero-order valence-electron chi connectivity index (χ0n) is 13.8. The van der Waals surface area contributed by atoms with Crippen LogP contribution in [0.25, 0.3) is 0 Å². The summed E-state index contributed by atoms with van der Waals surface area (Å²) in [5.41, 5.74) is -0.576. The molecule has 124 valence electrons. The van der Waals surface area contributed by atoms with Gasteiger partial charge in [-0.3, -0.25) is 9.59 Å². The van der Waals surface area contributed by atoms with Crippen LogP contribution >= 0.6 is 0 Å². The number of fused-ring (bicyclic) bond motifs is 2. The number of nitrogens with zero attached hydrogens (tertiary/aromatic N) is 1. The number of carbonyl (C=O) groups is 3. The minimum atomic E-state index is -0.576. The van der Waals surface area contributed by atoms with Gasteiger partial charge in [-0.1, -0.05) is 0 Å². The Hall–Kier alpha value is -1.59. The van der Waals surface area contributed by atoms with E-state index in [4.69, 9.17) is 9.47 Å². The lowest BCUT2D eigenvalue weighted by atomic mass is 9.78. The number of hydrogen-bond acceptors (Lipinski definition) is 5. The van der Waals surface area contributed by atoms with Crippen LogP contribution in [-0.2, 0) is 19.1 Å². The highest BCUT2D eigenvalue weighted by atomic mass is 16.6. The second kappa shape index (κ2) is 6.26. The molecule has 6 heteroatoms. The van der Waals surface area contributed by atoms with E-state index in [2.05, 4.69) is 0 Å². The first-order valence-electron chi connectivity index (χ1n) is 7.91. The zero-order chi connectivity index (χ0) is 16.5. The molecular formula is C16H25NO5. The Bertz CT molecular complexity index is 450. The summed E-state index contributed by atoms with van der Waals surface area (Å²) in [5, 5.41) is 0. The first-order chi connectivity index (χ1) is 10.2. The van der Waals surface area contributed by atoms with E-state index in [0.717, 1.165) is 0 Å². The topological polar surface area (TPSA) is 72.9 Å². The van der Waals surface area contributed by atoms with Gasteiger partial charge in [0.25, 0.3) is 0 Å². The Balaban J connectivity index is 2.12. The Labute approximate surface area is 131 Å². The second-order valence-corrected chi connectivity index (χ2v) is 7.06. The maximum absolute atomic E-state index is 12.4. The van der Waals surface area contributed by atoms with E-state index in [9.17, 15) is 14.4 Å². The largest absolute Gasteiger partial charge is 0.466 e. The second-order valence-electron chi connectivity index (χ2n) is 7.06. The fourth-order valence-corrected chi connectivity index (χ4v) is 3.32. The van der Waals surface area contributed by atoms with Crippen molar-refractivity contribution < 1.29 is 23.9 Å². The molecule has 2 atom stereocenters. The summed E-state index contributed by atoms with van der Waals surface area (Å²) >= 11 is 0. The highest BCUT2D eigenvalue weighted by molar-refractivity contribution is 5.84. The number of piperidine rings is 2. The molecule has 0 aliphatic carbocycles. The maximum atomic E-state index is 12.4. The third-order valence-corrected chi connectivity index (χ3v) is 4.05. The van der Waals surface area contributed by atoms with Gasteiger partial charge < -0.3 is 14.4 Å². The molecule has 2 fully saturated rings. The Morgan fingerprint density at radius 3 is 2.18 bits per heavy atom. The molecule has 0 N–H and O–H groups in total. The van der Waals surface area contributed by atoms with Gasteiger partial charge in [-0.2, -0.15) is 0 Å². The number of esters is 1. The van der Waals surface area contributed by atoms with E-state index < -0.39 is 11.7 Å². The Kier molecular flexibility index (Phi) is 4.78. The smallest absolute Gasteiger partial charge is 0.410 e. The molecule has 0 aromatic heterocycles. The molecule has 0 aromatic carbocycles. The molecule has 0 spiro atoms. The summed E-state index contributed by atoms with van der Waals surface area (Å²) in [6.07, 6.45) is 1.15. The molecule has 2 heterocycles. The molecular weight excluding hydrogens is 286 g/mol. The van der Waals surface area contributed by atoms with Crippen LogP contribution in [0.5, 0.6) is 0 Å². The van der Waals surface area contributed by atoms with Crippen LogP contribution in [0.15, 0.2) is 0 Å². The van der Waals surface area contributed by atoms with E-state index in [1.54, 1.807) is 11.8 Å². The third-order valence-electron chi connectivity index (χ3n) is 4.05. The van der Waals surface area contributed by atoms with Gasteiger partial charge in [0.2, 0.25) is 0 Å². The van der Waals surface area contributed by atoms with Crippen molar-refractivity contribution in [1.29, 1.82) is 0 Å². The van der Waals surface area contributed by atoms with Gasteiger partial charge in [0.05, 0.1) is 12.5 Å². The predicted octanol–water partition coefficient (Wildman–Crippen LogP) is 2.30. The number of amides is 1. The van der Waals surface area contributed by atoms with Gasteiger partial charge in [-0.05, 0) is 40.5 Å². The summed E-state index contributed by atoms with van der Waals surface area (Å²) in [5.74, 6) is -0.311. The Morgan fingerprint density at radius 2 is 1.73 bits per heavy atom. The number of Topliss-reactive ketones (excluding diaryl/α,β-unsaturated/α-hetero) is 1. The lowest BCUT2D eigenvalue weighted by Crippen LogP contribution is -2.58. The fraction of sp³-hybridized carbons (Fsp3) is 0.812. The summed E-state index contributed by atoms with van der Waals surface area (Å²) in [6, 6.07) is -0.520. The van der Waals surface area contributed by atoms with Crippen LogP contribution in [0.3, 0.4) is 0 Å². The van der Waals surface area contributed by atoms with Crippen LogP contribution in [0.4, 0.5) is 4.79 Å². The Morgan fingerprint density at radius 1 is 1.18 bits per heavy atom. The molecule has 2 saturated heterocycles. The van der Waals surface area contributed by atoms with Crippen molar-refractivity contribution in [2.24, 2.45) is 5.92 Å². The van der Waals surface area contributed by atoms with Crippen molar-refractivity contribution in [3.8, 4) is 0 Å². The summed E-state index contributed by atoms with van der Waals surface area (Å²) in [7, 11) is 0. The quantitative estimate of drug-likeness (QED) is 0.732. The van der Waals surface area contributed by atoms with Crippen molar-refractivity contribution in [2.45, 2.75) is 71.1 Å². The number of carbonyl (C=O) groups excluding carboxylic acids is 3. The lowest BCUT2D eigenvalue weighted by Gasteiger charge is -2.47. The van der Waals surface area contributed by atoms with Crippen LogP contribution < -0.4 is 0 Å². The fourth-order valence-electron chi connectivity index (χ4n) is 3.32. The van der Waals surface area contributed by atoms with Gasteiger partial charge >= 0.3 is 12.1 Å². The highest BCUT2D eigenvalue weighted by Crippen LogP contribution is 2.37. The average molecular weight is 311 g/mol. The molecule has 22 heavy (non-hydrogen) atoms. The van der Waals surface area contributed by atoms with E-state index in [1.807, 2.05) is 20.8 Å². The van der Waals surface area contributed by atoms with E-state index >= 15 is 0 Å². The molecule has 6 nitrogen and oxygen atoms in total. The van der Waals surface area contributed by atoms with Gasteiger partial charge in [-0.25, -0.2) is 4.79 Å². The van der Waals surface area contributed by atoms with E-state index in [0.29, 0.717) is 32.3 Å². The van der Waals surface area contributed by atoms with Crippen molar-refractivity contribution in [1.82, 2.24) is 4.90 Å². The SMILES string of the molecule is CCOC(=O)C1CC2CC(=O)CC(C1)N2C(=O)OC(C)(C)C. The van der Waals surface area contributed by atoms with Crippen molar-refractivity contribution >= 4 is 17.8 Å². The molecule has 2 aliphatic rings. The number of ketones is 1. The molecule has 2 aliphatic heterocycles. The third kappa shape index (κ3) is 3.78. The van der Waals surface area contributed by atoms with E-state index in [1.165, 1.54) is 0 Å². The van der Waals surface area contributed by atoms with Gasteiger partial charge in [0.15, 0.2) is 0 Å². The van der Waals surface area contributed by atoms with Crippen LogP contribution in [0.2, 0.25) is 0 Å². The number of hydrogen-bond donors (Lipinski definition) is 0. The van der Waals surface area contributed by atoms with Crippen LogP contribution in [0.1, 0.15) is 53.4 Å². The minimum Gasteiger partial charge on any atom is -0.466 e. The number of rotatable bonds is 2. The first-order valence-corrected chi connectivity index (χ1v) is 7.91. The molecule has 2 rings (SSSR count). The highest BCUT2D eigenvalue weighted by Gasteiger charge is 2.47. The van der Waals surface area contributed by atoms with Crippen molar-refractivity contribution in [2.75, 3.05) is 6.61 Å². The van der Waals surface area contributed by atoms with Crippen molar-refractivity contribution in [3.05, 3.63) is 0 Å². The predicted molar refractivity (Wildman–Crippen MR) is 79.2 cm³/mol. The average Bonchev–Trinajstić information content (AvgIpc) is 2.34. The lowest BCUT2D eigenvalue weighted by molar-refractivity contribution is -0.153. The van der Waals surface area contributed by atoms with Crippen LogP contribution in [0, 0.1) is 5.92 Å². The van der Waals surface area contributed by atoms with E-state index in [-0.39, 0.29) is 29.8 Å². The normalized spacial score (nSPS) is 28.3. The van der Waals surface area contributed by atoms with Crippen molar-refractivity contribution in [3.63, 3.8) is 0 Å². The first kappa shape index (κ1) is 16.8. The summed E-state index contributed by atoms with van der Waals surface area (Å²) in [6.45, 7) is 7.57. The monoisotopic (exact) mass is 311 g/mol. The van der Waals surface area contributed by atoms with Gasteiger partial charge in [0.1, 0.15) is 11.4 Å². The summed E-state index contributed by atoms with van der Waals surface area (Å²) < 4.78 is 10.5. The van der Waals surface area contributed by atoms with Gasteiger partial charge in [-0.15, -0.1) is 0 Å². The molecule has 0 radical (unpaired) electrons. The summed E-state index contributed by atoms with van der Waals surface area (Å²) in [4.78, 5) is 37.9.